The number of carbonyl (C=O) groups excluding carboxylic acids is 2. The fourth-order valence-corrected chi connectivity index (χ4v) is 2.39. The first kappa shape index (κ1) is 24.5. The molecule has 0 fully saturated rings. The van der Waals surface area contributed by atoms with Gasteiger partial charge in [0.1, 0.15) is 23.1 Å². The van der Waals surface area contributed by atoms with Crippen molar-refractivity contribution in [2.24, 2.45) is 5.92 Å². The molecule has 0 aliphatic carbocycles. The molecule has 2 amide bonds. The zero-order chi connectivity index (χ0) is 23.5. The third-order valence-corrected chi connectivity index (χ3v) is 3.71. The Bertz CT molecular complexity index is 1020. The Balaban J connectivity index is 0.000000837. The highest BCUT2D eigenvalue weighted by Crippen LogP contribution is 2.25. The Kier molecular flexibility index (Phi) is 9.35. The summed E-state index contributed by atoms with van der Waals surface area (Å²) in [4.78, 5) is 27.1. The maximum absolute atomic E-state index is 12.9. The standard InChI is InChI=1S/C21H18FN3O3.C4H10/c1-14(26)23-13-21(27)25-20-4-2-3-19(24-20)15-5-9-17(10-6-15)28-18-11-7-16(22)8-12-18;1-4(2)3/h2-12H,13H2,1H3,(H,23,26)(H,24,25,27);4H,1-3H3. The molecule has 168 valence electrons. The number of benzene rings is 2. The van der Waals surface area contributed by atoms with E-state index in [0.29, 0.717) is 23.0 Å². The fourth-order valence-electron chi connectivity index (χ4n) is 2.39. The summed E-state index contributed by atoms with van der Waals surface area (Å²) >= 11 is 0. The number of pyridine rings is 1. The molecule has 0 saturated heterocycles. The number of carbonyl (C=O) groups is 2. The molecule has 0 saturated carbocycles. The summed E-state index contributed by atoms with van der Waals surface area (Å²) in [7, 11) is 0. The molecular weight excluding hydrogens is 409 g/mol. The van der Waals surface area contributed by atoms with Crippen molar-refractivity contribution in [2.75, 3.05) is 11.9 Å². The van der Waals surface area contributed by atoms with Gasteiger partial charge >= 0.3 is 0 Å². The van der Waals surface area contributed by atoms with E-state index in [1.54, 1.807) is 36.4 Å². The summed E-state index contributed by atoms with van der Waals surface area (Å²) in [6, 6.07) is 18.3. The normalized spacial score (nSPS) is 10.1. The van der Waals surface area contributed by atoms with Crippen LogP contribution in [-0.2, 0) is 9.59 Å². The van der Waals surface area contributed by atoms with Gasteiger partial charge in [0.2, 0.25) is 11.8 Å². The molecule has 0 bridgehead atoms. The molecule has 1 aromatic heterocycles. The number of anilines is 1. The molecule has 2 aromatic carbocycles. The summed E-state index contributed by atoms with van der Waals surface area (Å²) in [5.74, 6) is 1.41. The predicted octanol–water partition coefficient (Wildman–Crippen LogP) is 5.42. The van der Waals surface area contributed by atoms with Crippen molar-refractivity contribution in [3.63, 3.8) is 0 Å². The highest BCUT2D eigenvalue weighted by atomic mass is 19.1. The number of hydrogen-bond acceptors (Lipinski definition) is 4. The lowest BCUT2D eigenvalue weighted by Crippen LogP contribution is -2.31. The van der Waals surface area contributed by atoms with E-state index in [2.05, 4.69) is 36.4 Å². The second-order valence-corrected chi connectivity index (χ2v) is 7.68. The monoisotopic (exact) mass is 437 g/mol. The van der Waals surface area contributed by atoms with E-state index in [4.69, 9.17) is 4.74 Å². The van der Waals surface area contributed by atoms with Crippen LogP contribution in [0.15, 0.2) is 66.7 Å². The number of nitrogens with one attached hydrogen (secondary N) is 2. The van der Waals surface area contributed by atoms with Crippen LogP contribution in [-0.4, -0.2) is 23.3 Å². The van der Waals surface area contributed by atoms with Crippen molar-refractivity contribution in [2.45, 2.75) is 27.7 Å². The van der Waals surface area contributed by atoms with Crippen LogP contribution >= 0.6 is 0 Å². The van der Waals surface area contributed by atoms with E-state index in [-0.39, 0.29) is 24.2 Å². The number of aromatic nitrogens is 1. The fraction of sp³-hybridized carbons (Fsp3) is 0.240. The van der Waals surface area contributed by atoms with Gasteiger partial charge in [0.25, 0.3) is 0 Å². The van der Waals surface area contributed by atoms with E-state index in [1.807, 2.05) is 18.2 Å². The molecule has 0 unspecified atom stereocenters. The number of hydrogen-bond donors (Lipinski definition) is 2. The van der Waals surface area contributed by atoms with Gasteiger partial charge in [0.15, 0.2) is 0 Å². The number of amides is 2. The van der Waals surface area contributed by atoms with Gasteiger partial charge in [-0.15, -0.1) is 0 Å². The quantitative estimate of drug-likeness (QED) is 0.540. The topological polar surface area (TPSA) is 80.3 Å². The largest absolute Gasteiger partial charge is 0.457 e. The molecule has 0 radical (unpaired) electrons. The van der Waals surface area contributed by atoms with Crippen molar-refractivity contribution in [1.29, 1.82) is 0 Å². The molecular formula is C25H28FN3O3. The Labute approximate surface area is 187 Å². The molecule has 0 aliphatic rings. The maximum Gasteiger partial charge on any atom is 0.244 e. The third kappa shape index (κ3) is 8.95. The van der Waals surface area contributed by atoms with Gasteiger partial charge in [-0.2, -0.15) is 0 Å². The number of ether oxygens (including phenoxy) is 1. The second-order valence-electron chi connectivity index (χ2n) is 7.68. The van der Waals surface area contributed by atoms with Crippen molar-refractivity contribution in [3.8, 4) is 22.8 Å². The molecule has 0 spiro atoms. The first-order chi connectivity index (χ1) is 15.2. The van der Waals surface area contributed by atoms with E-state index < -0.39 is 0 Å². The lowest BCUT2D eigenvalue weighted by molar-refractivity contribution is -0.122. The summed E-state index contributed by atoms with van der Waals surface area (Å²) in [5, 5.41) is 5.06. The van der Waals surface area contributed by atoms with Gasteiger partial charge in [-0.3, -0.25) is 9.59 Å². The van der Waals surface area contributed by atoms with E-state index in [9.17, 15) is 14.0 Å². The molecule has 2 N–H and O–H groups in total. The second kappa shape index (κ2) is 12.2. The van der Waals surface area contributed by atoms with Crippen LogP contribution in [0.4, 0.5) is 10.2 Å². The van der Waals surface area contributed by atoms with Crippen molar-refractivity contribution in [3.05, 3.63) is 72.5 Å². The van der Waals surface area contributed by atoms with E-state index in [1.165, 1.54) is 19.1 Å². The first-order valence-electron chi connectivity index (χ1n) is 10.3. The van der Waals surface area contributed by atoms with Gasteiger partial charge in [-0.05, 0) is 66.6 Å². The lowest BCUT2D eigenvalue weighted by atomic mass is 10.1. The Morgan fingerprint density at radius 2 is 1.50 bits per heavy atom. The highest BCUT2D eigenvalue weighted by molar-refractivity contribution is 5.93. The zero-order valence-electron chi connectivity index (χ0n) is 18.7. The number of halogens is 1. The first-order valence-corrected chi connectivity index (χ1v) is 10.3. The minimum Gasteiger partial charge on any atom is -0.457 e. The van der Waals surface area contributed by atoms with Crippen LogP contribution in [0.25, 0.3) is 11.3 Å². The molecule has 3 aromatic rings. The van der Waals surface area contributed by atoms with Crippen LogP contribution in [0.5, 0.6) is 11.5 Å². The molecule has 1 heterocycles. The van der Waals surface area contributed by atoms with Crippen LogP contribution in [0.2, 0.25) is 0 Å². The Morgan fingerprint density at radius 3 is 2.06 bits per heavy atom. The average Bonchev–Trinajstić information content (AvgIpc) is 2.74. The lowest BCUT2D eigenvalue weighted by Gasteiger charge is -2.09. The average molecular weight is 438 g/mol. The minimum atomic E-state index is -0.358. The van der Waals surface area contributed by atoms with Crippen LogP contribution in [0, 0.1) is 11.7 Å². The van der Waals surface area contributed by atoms with Gasteiger partial charge in [-0.25, -0.2) is 9.37 Å². The van der Waals surface area contributed by atoms with Crippen LogP contribution in [0.1, 0.15) is 27.7 Å². The van der Waals surface area contributed by atoms with Gasteiger partial charge in [0, 0.05) is 12.5 Å². The molecule has 32 heavy (non-hydrogen) atoms. The van der Waals surface area contributed by atoms with Crippen molar-refractivity contribution >= 4 is 17.6 Å². The molecule has 0 aliphatic heterocycles. The Morgan fingerprint density at radius 1 is 0.938 bits per heavy atom. The summed E-state index contributed by atoms with van der Waals surface area (Å²) < 4.78 is 18.6. The van der Waals surface area contributed by atoms with Gasteiger partial charge < -0.3 is 15.4 Å². The SMILES string of the molecule is CC(=O)NCC(=O)Nc1cccc(-c2ccc(Oc3ccc(F)cc3)cc2)n1.CC(C)C. The number of rotatable bonds is 6. The third-order valence-electron chi connectivity index (χ3n) is 3.71. The zero-order valence-corrected chi connectivity index (χ0v) is 18.7. The van der Waals surface area contributed by atoms with Gasteiger partial charge in [0.05, 0.1) is 12.2 Å². The summed E-state index contributed by atoms with van der Waals surface area (Å²) in [5.41, 5.74) is 1.51. The molecule has 3 rings (SSSR count). The van der Waals surface area contributed by atoms with Crippen molar-refractivity contribution in [1.82, 2.24) is 10.3 Å². The van der Waals surface area contributed by atoms with E-state index >= 15 is 0 Å². The van der Waals surface area contributed by atoms with Gasteiger partial charge in [-0.1, -0.05) is 26.8 Å². The smallest absolute Gasteiger partial charge is 0.244 e. The van der Waals surface area contributed by atoms with Crippen LogP contribution < -0.4 is 15.4 Å². The predicted molar refractivity (Wildman–Crippen MR) is 124 cm³/mol. The van der Waals surface area contributed by atoms with E-state index in [0.717, 1.165) is 11.5 Å². The molecule has 7 heteroatoms. The summed E-state index contributed by atoms with van der Waals surface area (Å²) in [6.45, 7) is 7.73. The summed E-state index contributed by atoms with van der Waals surface area (Å²) in [6.07, 6.45) is 0. The molecule has 6 nitrogen and oxygen atoms in total. The Hall–Kier alpha value is -3.74. The number of nitrogens with zero attached hydrogens (tertiary/aromatic N) is 1. The molecule has 0 atom stereocenters. The maximum atomic E-state index is 12.9. The van der Waals surface area contributed by atoms with Crippen LogP contribution in [0.3, 0.4) is 0 Å². The highest BCUT2D eigenvalue weighted by Gasteiger charge is 2.06. The van der Waals surface area contributed by atoms with Crippen molar-refractivity contribution < 1.29 is 18.7 Å². The minimum absolute atomic E-state index is 0.114.